The van der Waals surface area contributed by atoms with E-state index in [1.807, 2.05) is 36.1 Å². The molecule has 4 rings (SSSR count). The van der Waals surface area contributed by atoms with E-state index in [4.69, 9.17) is 9.15 Å². The summed E-state index contributed by atoms with van der Waals surface area (Å²) in [5.41, 5.74) is 1.47. The maximum atomic E-state index is 13.0. The van der Waals surface area contributed by atoms with Crippen molar-refractivity contribution in [2.75, 3.05) is 26.2 Å². The fraction of sp³-hybridized carbons (Fsp3) is 0.364. The fourth-order valence-electron chi connectivity index (χ4n) is 3.80. The van der Waals surface area contributed by atoms with Gasteiger partial charge in [-0.25, -0.2) is 0 Å². The molecule has 7 heteroatoms. The van der Waals surface area contributed by atoms with E-state index in [1.54, 1.807) is 12.1 Å². The molecular weight excluding hydrogens is 370 g/mol. The minimum absolute atomic E-state index is 0.0128. The van der Waals surface area contributed by atoms with Gasteiger partial charge in [-0.3, -0.25) is 9.59 Å². The number of amides is 2. The van der Waals surface area contributed by atoms with Crippen LogP contribution < -0.4 is 10.1 Å². The number of nitrogens with one attached hydrogen (secondary N) is 2. The number of hydrogen-bond donors (Lipinski definition) is 2. The maximum absolute atomic E-state index is 13.0. The quantitative estimate of drug-likeness (QED) is 0.669. The van der Waals surface area contributed by atoms with Crippen LogP contribution in [-0.4, -0.2) is 47.9 Å². The monoisotopic (exact) mass is 395 g/mol. The van der Waals surface area contributed by atoms with Crippen LogP contribution in [-0.2, 0) is 0 Å². The average molecular weight is 395 g/mol. The Hall–Kier alpha value is -3.22. The number of aromatic amines is 1. The van der Waals surface area contributed by atoms with Gasteiger partial charge in [-0.2, -0.15) is 0 Å². The molecule has 1 aliphatic rings. The largest absolute Gasteiger partial charge is 0.494 e. The van der Waals surface area contributed by atoms with Crippen molar-refractivity contribution >= 4 is 22.7 Å². The van der Waals surface area contributed by atoms with Crippen LogP contribution in [0.1, 0.15) is 40.8 Å². The maximum Gasteiger partial charge on any atom is 0.286 e. The molecular formula is C22H25N3O4. The summed E-state index contributed by atoms with van der Waals surface area (Å²) in [6.45, 7) is 4.41. The molecule has 1 fully saturated rings. The van der Waals surface area contributed by atoms with Crippen LogP contribution in [0.2, 0.25) is 0 Å². The number of furan rings is 1. The summed E-state index contributed by atoms with van der Waals surface area (Å²) in [4.78, 5) is 30.2. The molecule has 3 heterocycles. The number of ether oxygens (including phenoxy) is 1. The second-order valence-corrected chi connectivity index (χ2v) is 7.31. The zero-order valence-electron chi connectivity index (χ0n) is 16.4. The first-order valence-corrected chi connectivity index (χ1v) is 10.0. The highest BCUT2D eigenvalue weighted by atomic mass is 16.5. The van der Waals surface area contributed by atoms with Crippen molar-refractivity contribution in [1.82, 2.24) is 15.2 Å². The summed E-state index contributed by atoms with van der Waals surface area (Å²) in [5.74, 6) is 1.07. The van der Waals surface area contributed by atoms with E-state index in [1.165, 1.54) is 6.26 Å². The normalized spacial score (nSPS) is 16.7. The number of carbonyl (C=O) groups excluding carboxylic acids is 2. The Bertz CT molecular complexity index is 993. The molecule has 0 aliphatic carbocycles. The van der Waals surface area contributed by atoms with Gasteiger partial charge in [-0.15, -0.1) is 0 Å². The lowest BCUT2D eigenvalue weighted by Crippen LogP contribution is -2.43. The number of fused-ring (bicyclic) bond motifs is 1. The molecule has 2 amide bonds. The topological polar surface area (TPSA) is 87.6 Å². The smallest absolute Gasteiger partial charge is 0.286 e. The van der Waals surface area contributed by atoms with Crippen LogP contribution >= 0.6 is 0 Å². The average Bonchev–Trinajstić information content (AvgIpc) is 3.41. The van der Waals surface area contributed by atoms with E-state index in [9.17, 15) is 9.59 Å². The number of aromatic nitrogens is 1. The molecule has 1 aliphatic heterocycles. The summed E-state index contributed by atoms with van der Waals surface area (Å²) >= 11 is 0. The van der Waals surface area contributed by atoms with Gasteiger partial charge < -0.3 is 24.4 Å². The number of piperidine rings is 1. The predicted octanol–water partition coefficient (Wildman–Crippen LogP) is 3.44. The number of H-pyrrole nitrogens is 1. The Balaban J connectivity index is 1.39. The Morgan fingerprint density at radius 3 is 3.00 bits per heavy atom. The van der Waals surface area contributed by atoms with E-state index >= 15 is 0 Å². The van der Waals surface area contributed by atoms with Gasteiger partial charge in [0, 0.05) is 36.6 Å². The molecule has 1 atom stereocenters. The van der Waals surface area contributed by atoms with Crippen LogP contribution in [0.4, 0.5) is 0 Å². The summed E-state index contributed by atoms with van der Waals surface area (Å²) in [7, 11) is 0. The van der Waals surface area contributed by atoms with Gasteiger partial charge in [0.15, 0.2) is 5.76 Å². The van der Waals surface area contributed by atoms with Gasteiger partial charge in [0.1, 0.15) is 11.4 Å². The van der Waals surface area contributed by atoms with Gasteiger partial charge in [0.25, 0.3) is 11.8 Å². The lowest BCUT2D eigenvalue weighted by atomic mass is 9.97. The molecule has 3 aromatic rings. The van der Waals surface area contributed by atoms with E-state index in [-0.39, 0.29) is 17.7 Å². The first-order valence-electron chi connectivity index (χ1n) is 10.0. The predicted molar refractivity (Wildman–Crippen MR) is 109 cm³/mol. The molecule has 0 radical (unpaired) electrons. The highest BCUT2D eigenvalue weighted by molar-refractivity contribution is 5.98. The highest BCUT2D eigenvalue weighted by Crippen LogP contribution is 2.24. The zero-order valence-corrected chi connectivity index (χ0v) is 16.4. The van der Waals surface area contributed by atoms with Crippen LogP contribution in [0.5, 0.6) is 5.75 Å². The van der Waals surface area contributed by atoms with Crippen LogP contribution in [0.25, 0.3) is 10.9 Å². The van der Waals surface area contributed by atoms with Gasteiger partial charge in [-0.05, 0) is 56.0 Å². The Labute approximate surface area is 169 Å². The highest BCUT2D eigenvalue weighted by Gasteiger charge is 2.26. The van der Waals surface area contributed by atoms with E-state index < -0.39 is 0 Å². The van der Waals surface area contributed by atoms with Crippen molar-refractivity contribution in [2.45, 2.75) is 19.8 Å². The standard InChI is InChI=1S/C22H25N3O4/c1-2-28-17-8-7-16-11-19(24-18(16)12-17)22(27)25-9-3-5-15(14-25)13-23-21(26)20-6-4-10-29-20/h4,6-8,10-12,15,24H,2-3,5,9,13-14H2,1H3,(H,23,26). The molecule has 1 unspecified atom stereocenters. The van der Waals surface area contributed by atoms with Crippen LogP contribution in [0, 0.1) is 5.92 Å². The second-order valence-electron chi connectivity index (χ2n) is 7.31. The number of hydrogen-bond acceptors (Lipinski definition) is 4. The number of nitrogens with zero attached hydrogens (tertiary/aromatic N) is 1. The van der Waals surface area contributed by atoms with E-state index in [0.717, 1.165) is 36.0 Å². The third-order valence-electron chi connectivity index (χ3n) is 5.24. The van der Waals surface area contributed by atoms with Crippen LogP contribution in [0.3, 0.4) is 0 Å². The van der Waals surface area contributed by atoms with Gasteiger partial charge in [0.05, 0.1) is 12.9 Å². The molecule has 0 bridgehead atoms. The molecule has 7 nitrogen and oxygen atoms in total. The molecule has 29 heavy (non-hydrogen) atoms. The lowest BCUT2D eigenvalue weighted by molar-refractivity contribution is 0.0665. The number of benzene rings is 1. The Morgan fingerprint density at radius 1 is 1.31 bits per heavy atom. The molecule has 0 saturated carbocycles. The molecule has 152 valence electrons. The summed E-state index contributed by atoms with van der Waals surface area (Å²) in [5, 5.41) is 3.88. The van der Waals surface area contributed by atoms with Crippen molar-refractivity contribution in [1.29, 1.82) is 0 Å². The van der Waals surface area contributed by atoms with Gasteiger partial charge >= 0.3 is 0 Å². The summed E-state index contributed by atoms with van der Waals surface area (Å²) in [6.07, 6.45) is 3.38. The van der Waals surface area contributed by atoms with Crippen molar-refractivity contribution in [3.63, 3.8) is 0 Å². The SMILES string of the molecule is CCOc1ccc2cc(C(=O)N3CCCC(CNC(=O)c4ccco4)C3)[nH]c2c1. The first kappa shape index (κ1) is 19.1. The molecule has 1 aromatic carbocycles. The Kier molecular flexibility index (Phi) is 5.55. The van der Waals surface area contributed by atoms with E-state index in [0.29, 0.717) is 31.2 Å². The minimum atomic E-state index is -0.223. The van der Waals surface area contributed by atoms with Crippen molar-refractivity contribution in [3.05, 3.63) is 54.1 Å². The van der Waals surface area contributed by atoms with Gasteiger partial charge in [-0.1, -0.05) is 0 Å². The van der Waals surface area contributed by atoms with Crippen molar-refractivity contribution in [2.24, 2.45) is 5.92 Å². The third kappa shape index (κ3) is 4.29. The lowest BCUT2D eigenvalue weighted by Gasteiger charge is -2.32. The van der Waals surface area contributed by atoms with Crippen molar-refractivity contribution < 1.29 is 18.7 Å². The van der Waals surface area contributed by atoms with E-state index in [2.05, 4.69) is 10.3 Å². The number of likely N-dealkylation sites (tertiary alicyclic amines) is 1. The minimum Gasteiger partial charge on any atom is -0.494 e. The fourth-order valence-corrected chi connectivity index (χ4v) is 3.80. The molecule has 1 saturated heterocycles. The molecule has 2 aromatic heterocycles. The molecule has 0 spiro atoms. The van der Waals surface area contributed by atoms with Gasteiger partial charge in [0.2, 0.25) is 0 Å². The number of carbonyl (C=O) groups is 2. The first-order chi connectivity index (χ1) is 14.1. The van der Waals surface area contributed by atoms with Crippen LogP contribution in [0.15, 0.2) is 47.1 Å². The second kappa shape index (κ2) is 8.43. The summed E-state index contributed by atoms with van der Waals surface area (Å²) in [6, 6.07) is 11.0. The third-order valence-corrected chi connectivity index (χ3v) is 5.24. The summed E-state index contributed by atoms with van der Waals surface area (Å²) < 4.78 is 10.6. The zero-order chi connectivity index (χ0) is 20.2. The molecule has 2 N–H and O–H groups in total. The van der Waals surface area contributed by atoms with Crippen molar-refractivity contribution in [3.8, 4) is 5.75 Å². The Morgan fingerprint density at radius 2 is 2.21 bits per heavy atom. The number of rotatable bonds is 6.